The Balaban J connectivity index is 2.15. The molecular weight excluding hydrogens is 312 g/mol. The van der Waals surface area contributed by atoms with Crippen molar-refractivity contribution in [2.45, 2.75) is 32.6 Å². The van der Waals surface area contributed by atoms with Crippen molar-refractivity contribution in [2.24, 2.45) is 4.99 Å². The number of unbranched alkanes of at least 4 members (excludes halogenated alkanes) is 1. The lowest BCUT2D eigenvalue weighted by Gasteiger charge is -2.18. The van der Waals surface area contributed by atoms with Gasteiger partial charge in [-0.25, -0.2) is 4.99 Å². The van der Waals surface area contributed by atoms with Gasteiger partial charge in [0.25, 0.3) is 0 Å². The molecule has 0 aliphatic carbocycles. The van der Waals surface area contributed by atoms with Crippen molar-refractivity contribution in [1.29, 1.82) is 0 Å². The van der Waals surface area contributed by atoms with E-state index in [1.807, 2.05) is 18.2 Å². The zero-order chi connectivity index (χ0) is 13.0. The van der Waals surface area contributed by atoms with Gasteiger partial charge in [0.05, 0.1) is 10.7 Å². The van der Waals surface area contributed by atoms with Gasteiger partial charge >= 0.3 is 0 Å². The Morgan fingerprint density at radius 1 is 1.44 bits per heavy atom. The Morgan fingerprint density at radius 2 is 2.28 bits per heavy atom. The van der Waals surface area contributed by atoms with Gasteiger partial charge in [-0.15, -0.1) is 0 Å². The summed E-state index contributed by atoms with van der Waals surface area (Å²) in [5.74, 6) is 1.19. The number of halogens is 2. The Hall–Kier alpha value is -0.540. The number of benzene rings is 1. The molecule has 0 aromatic heterocycles. The highest BCUT2D eigenvalue weighted by Crippen LogP contribution is 2.29. The molecule has 1 fully saturated rings. The summed E-state index contributed by atoms with van der Waals surface area (Å²) >= 11 is 9.62. The quantitative estimate of drug-likeness (QED) is 0.756. The first-order valence-electron chi connectivity index (χ1n) is 6.48. The molecule has 0 bridgehead atoms. The smallest absolute Gasteiger partial charge is 0.105 e. The van der Waals surface area contributed by atoms with Gasteiger partial charge in [0.1, 0.15) is 5.84 Å². The second-order valence-corrected chi connectivity index (χ2v) is 5.89. The molecule has 0 saturated carbocycles. The topological polar surface area (TPSA) is 15.6 Å². The summed E-state index contributed by atoms with van der Waals surface area (Å²) in [4.78, 5) is 7.11. The predicted octanol–water partition coefficient (Wildman–Crippen LogP) is 5.03. The Kier molecular flexibility index (Phi) is 5.07. The number of rotatable bonds is 4. The van der Waals surface area contributed by atoms with Crippen LogP contribution in [-0.2, 0) is 0 Å². The number of amidine groups is 1. The van der Waals surface area contributed by atoms with E-state index >= 15 is 0 Å². The first-order valence-corrected chi connectivity index (χ1v) is 7.65. The maximum atomic E-state index is 6.20. The molecule has 0 amide bonds. The molecule has 0 spiro atoms. The third kappa shape index (κ3) is 3.48. The molecule has 1 aromatic carbocycles. The van der Waals surface area contributed by atoms with Gasteiger partial charge in [-0.1, -0.05) is 40.9 Å². The first-order chi connectivity index (χ1) is 8.70. The molecule has 98 valence electrons. The van der Waals surface area contributed by atoms with E-state index in [-0.39, 0.29) is 0 Å². The highest BCUT2D eigenvalue weighted by atomic mass is 79.9. The van der Waals surface area contributed by atoms with E-state index in [0.717, 1.165) is 29.7 Å². The number of hydrogen-bond donors (Lipinski definition) is 0. The zero-order valence-corrected chi connectivity index (χ0v) is 13.0. The second-order valence-electron chi connectivity index (χ2n) is 4.57. The van der Waals surface area contributed by atoms with E-state index < -0.39 is 0 Å². The molecule has 2 nitrogen and oxygen atoms in total. The van der Waals surface area contributed by atoms with Crippen LogP contribution < -0.4 is 0 Å². The lowest BCUT2D eigenvalue weighted by atomic mass is 10.3. The average molecular weight is 330 g/mol. The van der Waals surface area contributed by atoms with Crippen LogP contribution in [0.5, 0.6) is 0 Å². The Bertz CT molecular complexity index is 445. The number of likely N-dealkylation sites (tertiary alicyclic amines) is 1. The minimum atomic E-state index is 0.708. The fraction of sp³-hybridized carbons (Fsp3) is 0.500. The first kappa shape index (κ1) is 13.9. The van der Waals surface area contributed by atoms with Crippen molar-refractivity contribution in [3.63, 3.8) is 0 Å². The van der Waals surface area contributed by atoms with E-state index in [1.165, 1.54) is 25.1 Å². The van der Waals surface area contributed by atoms with Crippen LogP contribution >= 0.6 is 27.5 Å². The van der Waals surface area contributed by atoms with Gasteiger partial charge in [0.2, 0.25) is 0 Å². The zero-order valence-electron chi connectivity index (χ0n) is 10.6. The molecular formula is C14H18BrClN2. The molecule has 0 N–H and O–H groups in total. The fourth-order valence-corrected chi connectivity index (χ4v) is 2.86. The molecule has 1 heterocycles. The van der Waals surface area contributed by atoms with Crippen LogP contribution in [0.25, 0.3) is 0 Å². The molecule has 0 unspecified atom stereocenters. The van der Waals surface area contributed by atoms with Crippen molar-refractivity contribution in [1.82, 2.24) is 4.90 Å². The van der Waals surface area contributed by atoms with E-state index in [4.69, 9.17) is 16.6 Å². The van der Waals surface area contributed by atoms with Crippen LogP contribution in [0, 0.1) is 0 Å². The third-order valence-corrected chi connectivity index (χ3v) is 3.93. The van der Waals surface area contributed by atoms with Crippen LogP contribution in [0.4, 0.5) is 5.69 Å². The molecule has 18 heavy (non-hydrogen) atoms. The number of nitrogens with zero attached hydrogens (tertiary/aromatic N) is 2. The maximum Gasteiger partial charge on any atom is 0.105 e. The van der Waals surface area contributed by atoms with Crippen molar-refractivity contribution in [3.8, 4) is 0 Å². The Labute approximate surface area is 122 Å². The minimum absolute atomic E-state index is 0.708. The molecule has 0 radical (unpaired) electrons. The van der Waals surface area contributed by atoms with Crippen molar-refractivity contribution >= 4 is 39.1 Å². The molecule has 2 rings (SSSR count). The van der Waals surface area contributed by atoms with E-state index in [9.17, 15) is 0 Å². The summed E-state index contributed by atoms with van der Waals surface area (Å²) in [5, 5.41) is 0.708. The average Bonchev–Trinajstić information content (AvgIpc) is 2.77. The second kappa shape index (κ2) is 6.58. The molecule has 1 aliphatic heterocycles. The lowest BCUT2D eigenvalue weighted by Crippen LogP contribution is -2.25. The summed E-state index contributed by atoms with van der Waals surface area (Å²) in [6.45, 7) is 4.47. The summed E-state index contributed by atoms with van der Waals surface area (Å²) in [5.41, 5.74) is 0.873. The van der Waals surface area contributed by atoms with Crippen LogP contribution in [-0.4, -0.2) is 23.8 Å². The van der Waals surface area contributed by atoms with Gasteiger partial charge in [-0.2, -0.15) is 0 Å². The van der Waals surface area contributed by atoms with Crippen molar-refractivity contribution < 1.29 is 0 Å². The molecule has 4 heteroatoms. The fourth-order valence-electron chi connectivity index (χ4n) is 2.14. The van der Waals surface area contributed by atoms with Gasteiger partial charge in [0, 0.05) is 24.0 Å². The Morgan fingerprint density at radius 3 is 3.00 bits per heavy atom. The van der Waals surface area contributed by atoms with Crippen LogP contribution in [0.2, 0.25) is 5.02 Å². The molecule has 1 aromatic rings. The summed E-state index contributed by atoms with van der Waals surface area (Å²) in [7, 11) is 0. The number of aliphatic imine (C=N–C) groups is 1. The van der Waals surface area contributed by atoms with Crippen molar-refractivity contribution in [3.05, 3.63) is 27.7 Å². The summed E-state index contributed by atoms with van der Waals surface area (Å²) < 4.78 is 0.991. The van der Waals surface area contributed by atoms with E-state index in [2.05, 4.69) is 27.8 Å². The standard InChI is InChI=1S/C14H18BrClN2/c1-2-3-8-18-9-4-5-14(18)17-13-7-6-11(15)10-12(13)16/h6-7,10H,2-5,8-9H2,1H3. The highest BCUT2D eigenvalue weighted by Gasteiger charge is 2.18. The lowest BCUT2D eigenvalue weighted by molar-refractivity contribution is 0.440. The van der Waals surface area contributed by atoms with Crippen molar-refractivity contribution in [2.75, 3.05) is 13.1 Å². The monoisotopic (exact) mass is 328 g/mol. The van der Waals surface area contributed by atoms with E-state index in [0.29, 0.717) is 5.02 Å². The van der Waals surface area contributed by atoms with Gasteiger partial charge < -0.3 is 4.90 Å². The molecule has 0 atom stereocenters. The number of hydrogen-bond acceptors (Lipinski definition) is 1. The third-order valence-electron chi connectivity index (χ3n) is 3.13. The molecule has 1 aliphatic rings. The van der Waals surface area contributed by atoms with Gasteiger partial charge in [-0.05, 0) is 31.0 Å². The largest absolute Gasteiger partial charge is 0.360 e. The van der Waals surface area contributed by atoms with Gasteiger partial charge in [-0.3, -0.25) is 0 Å². The van der Waals surface area contributed by atoms with E-state index in [1.54, 1.807) is 0 Å². The predicted molar refractivity (Wildman–Crippen MR) is 82.0 cm³/mol. The van der Waals surface area contributed by atoms with Crippen LogP contribution in [0.1, 0.15) is 32.6 Å². The minimum Gasteiger partial charge on any atom is -0.360 e. The molecule has 1 saturated heterocycles. The van der Waals surface area contributed by atoms with Crippen LogP contribution in [0.3, 0.4) is 0 Å². The maximum absolute atomic E-state index is 6.20. The SMILES string of the molecule is CCCCN1CCCC1=Nc1ccc(Br)cc1Cl. The van der Waals surface area contributed by atoms with Crippen LogP contribution in [0.15, 0.2) is 27.7 Å². The normalized spacial score (nSPS) is 17.7. The highest BCUT2D eigenvalue weighted by molar-refractivity contribution is 9.10. The van der Waals surface area contributed by atoms with Gasteiger partial charge in [0.15, 0.2) is 0 Å². The summed E-state index contributed by atoms with van der Waals surface area (Å²) in [6.07, 6.45) is 4.72. The summed E-state index contributed by atoms with van der Waals surface area (Å²) in [6, 6.07) is 5.85.